The first-order chi connectivity index (χ1) is 10.00. The minimum atomic E-state index is -3.91. The van der Waals surface area contributed by atoms with Gasteiger partial charge in [-0.2, -0.15) is 0 Å². The fraction of sp³-hybridized carbons (Fsp3) is 0.333. The largest absolute Gasteiger partial charge is 0.376 e. The number of fused-ring (bicyclic) bond motifs is 1. The molecule has 1 aromatic carbocycles. The molecule has 112 valence electrons. The molecule has 1 unspecified atom stereocenters. The summed E-state index contributed by atoms with van der Waals surface area (Å²) in [4.78, 5) is 13.8. The van der Waals surface area contributed by atoms with Crippen LogP contribution in [0.3, 0.4) is 0 Å². The van der Waals surface area contributed by atoms with Crippen LogP contribution in [0, 0.1) is 10.1 Å². The van der Waals surface area contributed by atoms with Gasteiger partial charge >= 0.3 is 0 Å². The number of sulfone groups is 1. The Labute approximate surface area is 120 Å². The summed E-state index contributed by atoms with van der Waals surface area (Å²) in [5.41, 5.74) is 0.667. The number of nitrogens with one attached hydrogen (secondary N) is 1. The number of rotatable bonds is 3. The van der Waals surface area contributed by atoms with Gasteiger partial charge in [-0.3, -0.25) is 0 Å². The first kappa shape index (κ1) is 13.8. The van der Waals surface area contributed by atoms with E-state index in [4.69, 9.17) is 4.74 Å². The van der Waals surface area contributed by atoms with Gasteiger partial charge in [0.15, 0.2) is 5.03 Å². The number of aromatic amines is 1. The second-order valence-corrected chi connectivity index (χ2v) is 6.77. The fourth-order valence-corrected chi connectivity index (χ4v) is 3.97. The lowest BCUT2D eigenvalue weighted by Gasteiger charge is -2.27. The van der Waals surface area contributed by atoms with Gasteiger partial charge in [0.05, 0.1) is 13.2 Å². The van der Waals surface area contributed by atoms with E-state index < -0.39 is 20.2 Å². The number of nitro groups is 1. The van der Waals surface area contributed by atoms with Gasteiger partial charge in [-0.25, -0.2) is 18.5 Å². The fourth-order valence-electron chi connectivity index (χ4n) is 2.36. The number of hydrogen-bond acceptors (Lipinski definition) is 5. The zero-order valence-corrected chi connectivity index (χ0v) is 11.7. The van der Waals surface area contributed by atoms with E-state index in [0.29, 0.717) is 10.5 Å². The predicted octanol–water partition coefficient (Wildman–Crippen LogP) is 0.792. The Bertz CT molecular complexity index is 752. The van der Waals surface area contributed by atoms with Crippen molar-refractivity contribution >= 4 is 20.7 Å². The molecule has 1 aliphatic rings. The third-order valence-electron chi connectivity index (χ3n) is 3.44. The van der Waals surface area contributed by atoms with Crippen molar-refractivity contribution in [2.45, 2.75) is 10.4 Å². The summed E-state index contributed by atoms with van der Waals surface area (Å²) >= 11 is 0. The maximum atomic E-state index is 12.6. The van der Waals surface area contributed by atoms with Crippen molar-refractivity contribution in [2.75, 3.05) is 19.8 Å². The van der Waals surface area contributed by atoms with Gasteiger partial charge in [0.1, 0.15) is 11.6 Å². The predicted molar refractivity (Wildman–Crippen MR) is 73.8 cm³/mol. The van der Waals surface area contributed by atoms with E-state index >= 15 is 0 Å². The van der Waals surface area contributed by atoms with Crippen LogP contribution in [0.15, 0.2) is 35.4 Å². The first-order valence-corrected chi connectivity index (χ1v) is 7.85. The van der Waals surface area contributed by atoms with E-state index in [1.807, 2.05) is 0 Å². The second-order valence-electron chi connectivity index (χ2n) is 4.70. The Morgan fingerprint density at radius 1 is 1.38 bits per heavy atom. The molecule has 3 rings (SSSR count). The maximum Gasteiger partial charge on any atom is 0.222 e. The lowest BCUT2D eigenvalue weighted by atomic mass is 10.3. The Morgan fingerprint density at radius 2 is 2.14 bits per heavy atom. The Kier molecular flexibility index (Phi) is 3.30. The van der Waals surface area contributed by atoms with Crippen LogP contribution in [-0.2, 0) is 14.6 Å². The molecule has 8 nitrogen and oxygen atoms in total. The minimum Gasteiger partial charge on any atom is -0.376 e. The normalized spacial score (nSPS) is 19.8. The van der Waals surface area contributed by atoms with E-state index in [9.17, 15) is 18.5 Å². The monoisotopic (exact) mass is 311 g/mol. The van der Waals surface area contributed by atoms with E-state index in [1.165, 1.54) is 6.07 Å². The first-order valence-electron chi connectivity index (χ1n) is 6.30. The molecule has 0 amide bonds. The minimum absolute atomic E-state index is 0.0361. The zero-order chi connectivity index (χ0) is 15.0. The number of morpholine rings is 1. The molecule has 1 atom stereocenters. The Hall–Kier alpha value is -2.13. The molecule has 0 saturated carbocycles. The van der Waals surface area contributed by atoms with Crippen molar-refractivity contribution in [3.63, 3.8) is 0 Å². The van der Waals surface area contributed by atoms with E-state index in [1.54, 1.807) is 24.3 Å². The smallest absolute Gasteiger partial charge is 0.222 e. The Morgan fingerprint density at radius 3 is 2.86 bits per heavy atom. The molecule has 0 aliphatic carbocycles. The average Bonchev–Trinajstić information content (AvgIpc) is 2.92. The molecule has 0 bridgehead atoms. The van der Waals surface area contributed by atoms with Crippen LogP contribution in [0.5, 0.6) is 0 Å². The molecular weight excluding hydrogens is 298 g/mol. The van der Waals surface area contributed by atoms with Crippen LogP contribution in [0.4, 0.5) is 0 Å². The van der Waals surface area contributed by atoms with Gasteiger partial charge in [0.2, 0.25) is 15.2 Å². The number of ether oxygens (including phenoxy) is 1. The summed E-state index contributed by atoms with van der Waals surface area (Å²) in [5, 5.41) is 10.4. The molecule has 0 spiro atoms. The summed E-state index contributed by atoms with van der Waals surface area (Å²) in [7, 11) is -3.91. The molecule has 1 saturated heterocycles. The summed E-state index contributed by atoms with van der Waals surface area (Å²) in [6.45, 7) is -0.143. The average molecular weight is 311 g/mol. The molecule has 9 heteroatoms. The SMILES string of the molecule is O=[N+]([O-])N1CCOCC1S(=O)(=O)c1cc2ccccc2[nH]1. The molecule has 2 heterocycles. The van der Waals surface area contributed by atoms with Crippen LogP contribution >= 0.6 is 0 Å². The standard InChI is InChI=1S/C12H13N3O5S/c16-15(17)14-5-6-20-8-12(14)21(18,19)11-7-9-3-1-2-4-10(9)13-11/h1-4,7,12-13H,5-6,8H2. The second kappa shape index (κ2) is 5.01. The summed E-state index contributed by atoms with van der Waals surface area (Å²) < 4.78 is 30.3. The number of para-hydroxylation sites is 1. The maximum absolute atomic E-state index is 12.6. The number of aromatic nitrogens is 1. The molecule has 2 aromatic rings. The highest BCUT2D eigenvalue weighted by atomic mass is 32.2. The highest BCUT2D eigenvalue weighted by Gasteiger charge is 2.42. The van der Waals surface area contributed by atoms with Gasteiger partial charge < -0.3 is 9.72 Å². The van der Waals surface area contributed by atoms with Crippen molar-refractivity contribution < 1.29 is 18.2 Å². The topological polar surface area (TPSA) is 106 Å². The summed E-state index contributed by atoms with van der Waals surface area (Å²) in [6.07, 6.45) is 0. The van der Waals surface area contributed by atoms with Gasteiger partial charge in [-0.1, -0.05) is 18.2 Å². The van der Waals surface area contributed by atoms with Crippen LogP contribution in [0.25, 0.3) is 10.9 Å². The highest BCUT2D eigenvalue weighted by molar-refractivity contribution is 7.92. The quantitative estimate of drug-likeness (QED) is 0.663. The molecule has 0 radical (unpaired) electrons. The van der Waals surface area contributed by atoms with Gasteiger partial charge in [-0.15, -0.1) is 5.01 Å². The number of hydrogen-bond donors (Lipinski definition) is 1. The van der Waals surface area contributed by atoms with Crippen LogP contribution < -0.4 is 0 Å². The van der Waals surface area contributed by atoms with Crippen LogP contribution in [0.1, 0.15) is 0 Å². The van der Waals surface area contributed by atoms with E-state index in [2.05, 4.69) is 4.98 Å². The highest BCUT2D eigenvalue weighted by Crippen LogP contribution is 2.24. The lowest BCUT2D eigenvalue weighted by molar-refractivity contribution is -0.663. The molecule has 1 N–H and O–H groups in total. The van der Waals surface area contributed by atoms with Crippen molar-refractivity contribution in [3.8, 4) is 0 Å². The van der Waals surface area contributed by atoms with E-state index in [-0.39, 0.29) is 24.8 Å². The molecular formula is C12H13N3O5S. The van der Waals surface area contributed by atoms with Crippen LogP contribution in [0.2, 0.25) is 0 Å². The Balaban J connectivity index is 2.04. The van der Waals surface area contributed by atoms with Gasteiger partial charge in [0.25, 0.3) is 0 Å². The number of hydrazine groups is 1. The summed E-state index contributed by atoms with van der Waals surface area (Å²) in [6, 6.07) is 8.57. The van der Waals surface area contributed by atoms with Crippen molar-refractivity contribution in [3.05, 3.63) is 40.4 Å². The summed E-state index contributed by atoms with van der Waals surface area (Å²) in [5.74, 6) is 0. The van der Waals surface area contributed by atoms with Crippen LogP contribution in [-0.4, -0.2) is 48.6 Å². The molecule has 1 aromatic heterocycles. The third-order valence-corrected chi connectivity index (χ3v) is 5.37. The van der Waals surface area contributed by atoms with Gasteiger partial charge in [0, 0.05) is 10.9 Å². The molecule has 1 aliphatic heterocycles. The van der Waals surface area contributed by atoms with Crippen molar-refractivity contribution in [2.24, 2.45) is 0 Å². The van der Waals surface area contributed by atoms with Crippen molar-refractivity contribution in [1.29, 1.82) is 0 Å². The number of nitrogens with zero attached hydrogens (tertiary/aromatic N) is 2. The lowest BCUT2D eigenvalue weighted by Crippen LogP contribution is -2.52. The third kappa shape index (κ3) is 2.34. The van der Waals surface area contributed by atoms with E-state index in [0.717, 1.165) is 5.39 Å². The zero-order valence-electron chi connectivity index (χ0n) is 10.9. The van der Waals surface area contributed by atoms with Gasteiger partial charge in [-0.05, 0) is 12.1 Å². The number of H-pyrrole nitrogens is 1. The molecule has 21 heavy (non-hydrogen) atoms. The number of benzene rings is 1. The van der Waals surface area contributed by atoms with Crippen molar-refractivity contribution in [1.82, 2.24) is 9.99 Å². The molecule has 1 fully saturated rings.